The van der Waals surface area contributed by atoms with E-state index in [4.69, 9.17) is 9.47 Å². The zero-order chi connectivity index (χ0) is 20.6. The van der Waals surface area contributed by atoms with Crippen LogP contribution in [0, 0.1) is 5.82 Å². The van der Waals surface area contributed by atoms with E-state index in [9.17, 15) is 17.6 Å². The van der Waals surface area contributed by atoms with Crippen LogP contribution in [0.1, 0.15) is 18.4 Å². The van der Waals surface area contributed by atoms with Gasteiger partial charge in [-0.2, -0.15) is 0 Å². The normalized spacial score (nSPS) is 18.6. The first-order valence-corrected chi connectivity index (χ1v) is 10.8. The first-order valence-electron chi connectivity index (χ1n) is 9.31. The summed E-state index contributed by atoms with van der Waals surface area (Å²) in [6.45, 7) is 1.11. The molecular weight excluding hydrogens is 399 g/mol. The highest BCUT2D eigenvalue weighted by Gasteiger charge is 2.33. The molecule has 0 radical (unpaired) electrons. The van der Waals surface area contributed by atoms with Crippen LogP contribution in [0.3, 0.4) is 0 Å². The lowest BCUT2D eigenvalue weighted by molar-refractivity contribution is -0.127. The number of methoxy groups -OCH3 is 1. The van der Waals surface area contributed by atoms with Gasteiger partial charge < -0.3 is 14.4 Å². The highest BCUT2D eigenvalue weighted by Crippen LogP contribution is 2.33. The summed E-state index contributed by atoms with van der Waals surface area (Å²) in [5, 5.41) is 0. The topological polar surface area (TPSA) is 84.9 Å². The molecule has 2 aromatic carbocycles. The van der Waals surface area contributed by atoms with E-state index < -0.39 is 21.9 Å². The van der Waals surface area contributed by atoms with Crippen LogP contribution in [0.4, 0.5) is 15.8 Å². The van der Waals surface area contributed by atoms with Gasteiger partial charge in [0, 0.05) is 18.8 Å². The van der Waals surface area contributed by atoms with Crippen molar-refractivity contribution in [1.29, 1.82) is 0 Å². The minimum Gasteiger partial charge on any atom is -0.494 e. The number of sulfonamides is 1. The Morgan fingerprint density at radius 2 is 2.10 bits per heavy atom. The molecule has 1 N–H and O–H groups in total. The lowest BCUT2D eigenvalue weighted by Crippen LogP contribution is -2.37. The second-order valence-electron chi connectivity index (χ2n) is 6.99. The Kier molecular flexibility index (Phi) is 5.18. The highest BCUT2D eigenvalue weighted by atomic mass is 32.2. The minimum absolute atomic E-state index is 0.0373. The van der Waals surface area contributed by atoms with Crippen molar-refractivity contribution in [3.05, 3.63) is 47.8 Å². The third kappa shape index (κ3) is 3.79. The Hall–Kier alpha value is -2.65. The molecule has 0 bridgehead atoms. The molecule has 2 heterocycles. The van der Waals surface area contributed by atoms with Gasteiger partial charge in [-0.25, -0.2) is 12.8 Å². The fraction of sp³-hybridized carbons (Fsp3) is 0.350. The summed E-state index contributed by atoms with van der Waals surface area (Å²) in [5.41, 5.74) is 1.94. The van der Waals surface area contributed by atoms with Gasteiger partial charge in [0.1, 0.15) is 6.10 Å². The Labute approximate surface area is 168 Å². The maximum Gasteiger partial charge on any atom is 0.262 e. The Morgan fingerprint density at radius 1 is 1.28 bits per heavy atom. The maximum absolute atomic E-state index is 13.9. The smallest absolute Gasteiger partial charge is 0.262 e. The van der Waals surface area contributed by atoms with Crippen molar-refractivity contribution in [1.82, 2.24) is 0 Å². The van der Waals surface area contributed by atoms with Gasteiger partial charge >= 0.3 is 0 Å². The quantitative estimate of drug-likeness (QED) is 0.804. The van der Waals surface area contributed by atoms with E-state index in [2.05, 4.69) is 4.72 Å². The van der Waals surface area contributed by atoms with Crippen LogP contribution in [0.25, 0.3) is 0 Å². The molecule has 0 aromatic heterocycles. The number of fused-ring (bicyclic) bond motifs is 1. The predicted molar refractivity (Wildman–Crippen MR) is 105 cm³/mol. The van der Waals surface area contributed by atoms with Gasteiger partial charge in [-0.1, -0.05) is 6.07 Å². The third-order valence-corrected chi connectivity index (χ3v) is 6.52. The molecule has 29 heavy (non-hydrogen) atoms. The number of rotatable bonds is 5. The summed E-state index contributed by atoms with van der Waals surface area (Å²) in [6, 6.07) is 8.49. The Bertz CT molecular complexity index is 1050. The predicted octanol–water partition coefficient (Wildman–Crippen LogP) is 2.70. The average Bonchev–Trinajstić information content (AvgIpc) is 3.37. The average molecular weight is 420 g/mol. The summed E-state index contributed by atoms with van der Waals surface area (Å²) < 4.78 is 52.0. The molecule has 1 fully saturated rings. The molecule has 2 aliphatic heterocycles. The van der Waals surface area contributed by atoms with Crippen molar-refractivity contribution in [2.24, 2.45) is 0 Å². The van der Waals surface area contributed by atoms with Crippen molar-refractivity contribution in [2.45, 2.75) is 30.3 Å². The molecule has 0 aliphatic carbocycles. The van der Waals surface area contributed by atoms with E-state index in [1.54, 1.807) is 23.1 Å². The zero-order valence-electron chi connectivity index (χ0n) is 15.9. The van der Waals surface area contributed by atoms with Crippen LogP contribution in [0.5, 0.6) is 5.75 Å². The molecule has 1 atom stereocenters. The molecule has 1 amide bonds. The molecule has 4 rings (SSSR count). The molecule has 0 spiro atoms. The standard InChI is InChI=1S/C20H21FN2O5S/c1-27-18-7-6-15(12-16(18)21)29(25,26)22-14-5-4-13-8-9-23(17(13)11-14)20(24)19-3-2-10-28-19/h4-7,11-12,19,22H,2-3,8-10H2,1H3. The fourth-order valence-corrected chi connectivity index (χ4v) is 4.71. The molecular formula is C20H21FN2O5S. The number of nitrogens with zero attached hydrogens (tertiary/aromatic N) is 1. The highest BCUT2D eigenvalue weighted by molar-refractivity contribution is 7.92. The number of carbonyl (C=O) groups is 1. The number of hydrogen-bond acceptors (Lipinski definition) is 5. The number of carbonyl (C=O) groups excluding carboxylic acids is 1. The third-order valence-electron chi connectivity index (χ3n) is 5.14. The number of anilines is 2. The SMILES string of the molecule is COc1ccc(S(=O)(=O)Nc2ccc3c(c2)N(C(=O)C2CCCO2)CC3)cc1F. The molecule has 2 aliphatic rings. The van der Waals surface area contributed by atoms with Gasteiger partial charge in [0.2, 0.25) is 0 Å². The van der Waals surface area contributed by atoms with Crippen molar-refractivity contribution in [3.63, 3.8) is 0 Å². The van der Waals surface area contributed by atoms with Crippen LogP contribution in [-0.2, 0) is 26.0 Å². The second-order valence-corrected chi connectivity index (χ2v) is 8.67. The first-order chi connectivity index (χ1) is 13.9. The molecule has 1 unspecified atom stereocenters. The first kappa shape index (κ1) is 19.7. The van der Waals surface area contributed by atoms with E-state index in [0.717, 1.165) is 18.1 Å². The number of ether oxygens (including phenoxy) is 2. The molecule has 2 aromatic rings. The molecule has 7 nitrogen and oxygen atoms in total. The zero-order valence-corrected chi connectivity index (χ0v) is 16.7. The summed E-state index contributed by atoms with van der Waals surface area (Å²) >= 11 is 0. The summed E-state index contributed by atoms with van der Waals surface area (Å²) in [7, 11) is -2.70. The Morgan fingerprint density at radius 3 is 2.79 bits per heavy atom. The lowest BCUT2D eigenvalue weighted by atomic mass is 10.1. The van der Waals surface area contributed by atoms with Gasteiger partial charge in [0.05, 0.1) is 17.7 Å². The molecule has 0 saturated carbocycles. The van der Waals surface area contributed by atoms with Crippen LogP contribution >= 0.6 is 0 Å². The number of halogens is 1. The molecule has 9 heteroatoms. The van der Waals surface area contributed by atoms with E-state index >= 15 is 0 Å². The van der Waals surface area contributed by atoms with Crippen LogP contribution in [-0.4, -0.2) is 40.7 Å². The van der Waals surface area contributed by atoms with Crippen molar-refractivity contribution >= 4 is 27.3 Å². The Balaban J connectivity index is 1.58. The number of hydrogen-bond donors (Lipinski definition) is 1. The molecule has 1 saturated heterocycles. The number of amides is 1. The van der Waals surface area contributed by atoms with E-state index in [1.165, 1.54) is 19.2 Å². The van der Waals surface area contributed by atoms with Crippen LogP contribution in [0.2, 0.25) is 0 Å². The van der Waals surface area contributed by atoms with Gasteiger partial charge in [-0.15, -0.1) is 0 Å². The van der Waals surface area contributed by atoms with Crippen molar-refractivity contribution in [3.8, 4) is 5.75 Å². The second kappa shape index (κ2) is 7.64. The van der Waals surface area contributed by atoms with E-state index in [-0.39, 0.29) is 16.6 Å². The van der Waals surface area contributed by atoms with E-state index in [1.807, 2.05) is 0 Å². The van der Waals surface area contributed by atoms with Crippen molar-refractivity contribution in [2.75, 3.05) is 29.9 Å². The van der Waals surface area contributed by atoms with E-state index in [0.29, 0.717) is 37.4 Å². The largest absolute Gasteiger partial charge is 0.494 e. The van der Waals surface area contributed by atoms with Crippen molar-refractivity contribution < 1.29 is 27.1 Å². The number of benzene rings is 2. The fourth-order valence-electron chi connectivity index (χ4n) is 3.65. The lowest BCUT2D eigenvalue weighted by Gasteiger charge is -2.21. The summed E-state index contributed by atoms with van der Waals surface area (Å²) in [4.78, 5) is 14.2. The van der Waals surface area contributed by atoms with Gasteiger partial charge in [-0.05, 0) is 55.2 Å². The minimum atomic E-state index is -4.01. The van der Waals surface area contributed by atoms with Gasteiger partial charge in [0.25, 0.3) is 15.9 Å². The van der Waals surface area contributed by atoms with Gasteiger partial charge in [-0.3, -0.25) is 9.52 Å². The van der Waals surface area contributed by atoms with Crippen LogP contribution < -0.4 is 14.4 Å². The maximum atomic E-state index is 13.9. The summed E-state index contributed by atoms with van der Waals surface area (Å²) in [6.07, 6.45) is 1.81. The molecule has 154 valence electrons. The van der Waals surface area contributed by atoms with Gasteiger partial charge in [0.15, 0.2) is 11.6 Å². The monoisotopic (exact) mass is 420 g/mol. The van der Waals surface area contributed by atoms with Crippen LogP contribution in [0.15, 0.2) is 41.3 Å². The number of nitrogens with one attached hydrogen (secondary N) is 1. The summed E-state index contributed by atoms with van der Waals surface area (Å²) in [5.74, 6) is -0.902.